The molecule has 298 valence electrons. The molecule has 11 nitrogen and oxygen atoms in total. The number of rotatable bonds is 14. The molecule has 0 radical (unpaired) electrons. The van der Waals surface area contributed by atoms with Crippen LogP contribution in [-0.4, -0.2) is 63.8 Å². The molecule has 0 saturated carbocycles. The Morgan fingerprint density at radius 1 is 0.842 bits per heavy atom. The van der Waals surface area contributed by atoms with Crippen molar-refractivity contribution in [2.45, 2.75) is 68.8 Å². The number of aliphatic hydroxyl groups is 1. The number of carbonyl (C=O) groups excluding carboxylic acids is 1. The van der Waals surface area contributed by atoms with Gasteiger partial charge < -0.3 is 29.4 Å². The van der Waals surface area contributed by atoms with Crippen LogP contribution >= 0.6 is 0 Å². The summed E-state index contributed by atoms with van der Waals surface area (Å²) >= 11 is 0. The largest absolute Gasteiger partial charge is 0.493 e. The van der Waals surface area contributed by atoms with E-state index in [9.17, 15) is 18.3 Å². The number of ether oxygens (including phenoxy) is 4. The van der Waals surface area contributed by atoms with Crippen LogP contribution in [-0.2, 0) is 50.3 Å². The number of nitrogens with zero attached hydrogens (tertiary/aromatic N) is 1. The van der Waals surface area contributed by atoms with Crippen LogP contribution < -0.4 is 19.5 Å². The fourth-order valence-electron chi connectivity index (χ4n) is 7.42. The summed E-state index contributed by atoms with van der Waals surface area (Å²) in [4.78, 5) is 16.4. The van der Waals surface area contributed by atoms with Gasteiger partial charge in [-0.2, -0.15) is 4.72 Å². The Kier molecular flexibility index (Phi) is 12.7. The maximum atomic E-state index is 14.0. The lowest BCUT2D eigenvalue weighted by atomic mass is 9.97. The first kappa shape index (κ1) is 40.1. The van der Waals surface area contributed by atoms with E-state index in [1.807, 2.05) is 79.7 Å². The second-order valence-corrected chi connectivity index (χ2v) is 16.3. The van der Waals surface area contributed by atoms with Crippen LogP contribution in [0.25, 0.3) is 0 Å². The number of methoxy groups -OCH3 is 2. The van der Waals surface area contributed by atoms with Crippen molar-refractivity contribution in [3.8, 4) is 11.5 Å². The monoisotopic (exact) mass is 791 g/mol. The highest BCUT2D eigenvalue weighted by Gasteiger charge is 2.34. The maximum absolute atomic E-state index is 14.0. The number of fused-ring (bicyclic) bond motifs is 1. The number of benzene rings is 5. The van der Waals surface area contributed by atoms with Gasteiger partial charge in [0.2, 0.25) is 15.9 Å². The number of sulfonamides is 1. The Balaban J connectivity index is 1.11. The van der Waals surface area contributed by atoms with Gasteiger partial charge in [0, 0.05) is 37.3 Å². The first-order chi connectivity index (χ1) is 27.6. The number of amides is 1. The van der Waals surface area contributed by atoms with Gasteiger partial charge in [0.05, 0.1) is 37.9 Å². The molecule has 2 aliphatic heterocycles. The molecule has 5 aromatic carbocycles. The molecule has 0 unspecified atom stereocenters. The normalized spacial score (nSPS) is 19.0. The average Bonchev–Trinajstić information content (AvgIpc) is 3.23. The lowest BCUT2D eigenvalue weighted by Gasteiger charge is -2.39. The Morgan fingerprint density at radius 3 is 2.26 bits per heavy atom. The molecule has 2 heterocycles. The van der Waals surface area contributed by atoms with Crippen LogP contribution in [0.5, 0.6) is 11.5 Å². The van der Waals surface area contributed by atoms with E-state index in [4.69, 9.17) is 18.9 Å². The smallest absolute Gasteiger partial charge is 0.242 e. The van der Waals surface area contributed by atoms with Crippen molar-refractivity contribution >= 4 is 21.6 Å². The van der Waals surface area contributed by atoms with Gasteiger partial charge in [-0.25, -0.2) is 8.42 Å². The van der Waals surface area contributed by atoms with E-state index in [2.05, 4.69) is 27.1 Å². The number of hydrogen-bond acceptors (Lipinski definition) is 9. The minimum Gasteiger partial charge on any atom is -0.493 e. The predicted octanol–water partition coefficient (Wildman–Crippen LogP) is 6.64. The van der Waals surface area contributed by atoms with Crippen molar-refractivity contribution in [1.82, 2.24) is 9.62 Å². The number of aliphatic hydroxyl groups excluding tert-OH is 1. The molecular formula is C45H49N3O8S. The molecule has 1 fully saturated rings. The highest BCUT2D eigenvalue weighted by molar-refractivity contribution is 7.89. The molecule has 1 amide bonds. The van der Waals surface area contributed by atoms with Crippen LogP contribution in [0.4, 0.5) is 5.69 Å². The van der Waals surface area contributed by atoms with E-state index in [-0.39, 0.29) is 30.1 Å². The lowest BCUT2D eigenvalue weighted by Crippen LogP contribution is -2.45. The van der Waals surface area contributed by atoms with Crippen LogP contribution in [0, 0.1) is 6.92 Å². The molecule has 57 heavy (non-hydrogen) atoms. The third-order valence-corrected chi connectivity index (χ3v) is 12.0. The Morgan fingerprint density at radius 2 is 1.56 bits per heavy atom. The summed E-state index contributed by atoms with van der Waals surface area (Å²) in [6.45, 7) is 4.08. The molecule has 0 aliphatic carbocycles. The summed E-state index contributed by atoms with van der Waals surface area (Å²) < 4.78 is 54.1. The summed E-state index contributed by atoms with van der Waals surface area (Å²) in [5.74, 6) is 0.925. The average molecular weight is 792 g/mol. The molecule has 1 saturated heterocycles. The topological polar surface area (TPSA) is 136 Å². The molecule has 12 heteroatoms. The summed E-state index contributed by atoms with van der Waals surface area (Å²) in [5.41, 5.74) is 7.12. The van der Waals surface area contributed by atoms with Crippen molar-refractivity contribution in [1.29, 1.82) is 0 Å². The van der Waals surface area contributed by atoms with Crippen LogP contribution in [0.1, 0.15) is 57.8 Å². The fourth-order valence-corrected chi connectivity index (χ4v) is 8.62. The van der Waals surface area contributed by atoms with Gasteiger partial charge in [0.1, 0.15) is 6.04 Å². The van der Waals surface area contributed by atoms with E-state index in [1.54, 1.807) is 32.4 Å². The quantitative estimate of drug-likeness (QED) is 0.113. The molecule has 7 rings (SSSR count). The van der Waals surface area contributed by atoms with Gasteiger partial charge in [0.15, 0.2) is 17.8 Å². The fraction of sp³-hybridized carbons (Fsp3) is 0.311. The van der Waals surface area contributed by atoms with Crippen molar-refractivity contribution in [3.63, 3.8) is 0 Å². The molecular weight excluding hydrogens is 743 g/mol. The van der Waals surface area contributed by atoms with Gasteiger partial charge in [-0.3, -0.25) is 9.69 Å². The van der Waals surface area contributed by atoms with Crippen LogP contribution in [0.15, 0.2) is 120 Å². The summed E-state index contributed by atoms with van der Waals surface area (Å²) in [6.07, 6.45) is 0.368. The number of nitrogens with one attached hydrogen (secondary N) is 2. The highest BCUT2D eigenvalue weighted by Crippen LogP contribution is 2.40. The van der Waals surface area contributed by atoms with Gasteiger partial charge in [-0.1, -0.05) is 84.4 Å². The highest BCUT2D eigenvalue weighted by atomic mass is 32.2. The van der Waals surface area contributed by atoms with E-state index >= 15 is 0 Å². The third kappa shape index (κ3) is 9.90. The van der Waals surface area contributed by atoms with E-state index < -0.39 is 28.3 Å². The first-order valence-corrected chi connectivity index (χ1v) is 20.6. The zero-order valence-electron chi connectivity index (χ0n) is 32.4. The molecule has 3 N–H and O–H groups in total. The standard InChI is InChI=1S/C45H49N3O8S/c1-30-12-18-39(19-13-30)57(51,52)47-40(22-31-8-5-4-6-9-31)44(50)46-37-11-7-10-35(23-37)45-55-38(26-41(56-45)33-16-14-32(29-49)15-17-33)28-48-21-20-34-24-42(53-2)43(54-3)25-36(34)27-48/h4-19,23-25,38,40-41,45,47,49H,20-22,26-29H2,1-3H3,(H,46,50)/t38-,40-,41+,45+/m1/s1. The van der Waals surface area contributed by atoms with Crippen LogP contribution in [0.2, 0.25) is 0 Å². The van der Waals surface area contributed by atoms with Gasteiger partial charge in [-0.05, 0) is 84.0 Å². The molecule has 5 aromatic rings. The lowest BCUT2D eigenvalue weighted by molar-refractivity contribution is -0.253. The van der Waals surface area contributed by atoms with Gasteiger partial charge >= 0.3 is 0 Å². The molecule has 4 atom stereocenters. The summed E-state index contributed by atoms with van der Waals surface area (Å²) in [7, 11) is -0.725. The maximum Gasteiger partial charge on any atom is 0.242 e. The Bertz CT molecular complexity index is 2250. The Labute approximate surface area is 334 Å². The first-order valence-electron chi connectivity index (χ1n) is 19.1. The minimum absolute atomic E-state index is 0.0502. The van der Waals surface area contributed by atoms with Gasteiger partial charge in [-0.15, -0.1) is 0 Å². The zero-order chi connectivity index (χ0) is 39.9. The summed E-state index contributed by atoms with van der Waals surface area (Å²) in [5, 5.41) is 12.6. The van der Waals surface area contributed by atoms with E-state index in [0.29, 0.717) is 30.0 Å². The van der Waals surface area contributed by atoms with Crippen molar-refractivity contribution in [2.75, 3.05) is 32.6 Å². The predicted molar refractivity (Wildman–Crippen MR) is 217 cm³/mol. The number of aryl methyl sites for hydroxylation is 1. The van der Waals surface area contributed by atoms with Crippen molar-refractivity contribution < 1.29 is 37.3 Å². The molecule has 0 aromatic heterocycles. The molecule has 0 spiro atoms. The summed E-state index contributed by atoms with van der Waals surface area (Å²) in [6, 6.07) is 33.9. The van der Waals surface area contributed by atoms with Crippen molar-refractivity contribution in [3.05, 3.63) is 154 Å². The number of hydrogen-bond donors (Lipinski definition) is 3. The number of anilines is 1. The molecule has 0 bridgehead atoms. The third-order valence-electron chi connectivity index (χ3n) is 10.5. The number of carbonyl (C=O) groups is 1. The second kappa shape index (κ2) is 18.0. The second-order valence-electron chi connectivity index (χ2n) is 14.6. The SMILES string of the molecule is COc1cc2c(cc1OC)CN(C[C@H]1C[C@@H](c3ccc(CO)cc3)O[C@@H](c3cccc(NC(=O)[C@@H](Cc4ccccc4)NS(=O)(=O)c4ccc(C)cc4)c3)O1)CC2. The van der Waals surface area contributed by atoms with Gasteiger partial charge in [0.25, 0.3) is 0 Å². The van der Waals surface area contributed by atoms with Crippen LogP contribution in [0.3, 0.4) is 0 Å². The Hall–Kier alpha value is -5.08. The van der Waals surface area contributed by atoms with Crippen molar-refractivity contribution in [2.24, 2.45) is 0 Å². The zero-order valence-corrected chi connectivity index (χ0v) is 33.2. The minimum atomic E-state index is -4.02. The van der Waals surface area contributed by atoms with E-state index in [1.165, 1.54) is 23.3 Å². The van der Waals surface area contributed by atoms with E-state index in [0.717, 1.165) is 47.5 Å². The molecule has 2 aliphatic rings.